The topological polar surface area (TPSA) is 32.3 Å². The summed E-state index contributed by atoms with van der Waals surface area (Å²) in [6.07, 6.45) is 1.22. The molecular formula is C18H27BrN2O. The molecule has 1 heterocycles. The summed E-state index contributed by atoms with van der Waals surface area (Å²) in [5.41, 5.74) is 1.18. The third kappa shape index (κ3) is 4.32. The summed E-state index contributed by atoms with van der Waals surface area (Å²) in [6.45, 7) is 10.3. The molecule has 0 aliphatic carbocycles. The van der Waals surface area contributed by atoms with E-state index < -0.39 is 0 Å². The molecule has 1 saturated heterocycles. The molecule has 0 bridgehead atoms. The molecule has 4 heteroatoms. The van der Waals surface area contributed by atoms with Crippen LogP contribution in [-0.2, 0) is 4.79 Å². The Morgan fingerprint density at radius 2 is 1.82 bits per heavy atom. The second-order valence-corrected chi connectivity index (χ2v) is 7.68. The van der Waals surface area contributed by atoms with Gasteiger partial charge in [-0.2, -0.15) is 0 Å². The molecule has 1 aliphatic rings. The summed E-state index contributed by atoms with van der Waals surface area (Å²) in [5.74, 6) is 1.42. The highest BCUT2D eigenvalue weighted by molar-refractivity contribution is 9.10. The highest BCUT2D eigenvalue weighted by atomic mass is 79.9. The van der Waals surface area contributed by atoms with Crippen LogP contribution in [0, 0.1) is 11.8 Å². The van der Waals surface area contributed by atoms with Crippen molar-refractivity contribution in [2.24, 2.45) is 11.8 Å². The lowest BCUT2D eigenvalue weighted by Gasteiger charge is -2.37. The summed E-state index contributed by atoms with van der Waals surface area (Å²) >= 11 is 3.58. The fourth-order valence-electron chi connectivity index (χ4n) is 3.48. The van der Waals surface area contributed by atoms with Gasteiger partial charge in [0.05, 0.1) is 6.04 Å². The van der Waals surface area contributed by atoms with Gasteiger partial charge in [0.25, 0.3) is 0 Å². The maximum atomic E-state index is 12.7. The predicted molar refractivity (Wildman–Crippen MR) is 94.7 cm³/mol. The Morgan fingerprint density at radius 3 is 2.41 bits per heavy atom. The summed E-state index contributed by atoms with van der Waals surface area (Å²) in [5, 5.41) is 3.44. The van der Waals surface area contributed by atoms with E-state index in [9.17, 15) is 4.79 Å². The Balaban J connectivity index is 1.98. The summed E-state index contributed by atoms with van der Waals surface area (Å²) in [7, 11) is 0. The van der Waals surface area contributed by atoms with Crippen LogP contribution >= 0.6 is 15.9 Å². The van der Waals surface area contributed by atoms with Crippen LogP contribution in [0.1, 0.15) is 45.7 Å². The minimum Gasteiger partial charge on any atom is -0.341 e. The van der Waals surface area contributed by atoms with Crippen LogP contribution in [0.4, 0.5) is 0 Å². The molecular weight excluding hydrogens is 340 g/mol. The van der Waals surface area contributed by atoms with E-state index in [2.05, 4.69) is 48.1 Å². The van der Waals surface area contributed by atoms with Gasteiger partial charge in [-0.05, 0) is 43.7 Å². The fourth-order valence-corrected chi connectivity index (χ4v) is 4.11. The van der Waals surface area contributed by atoms with Gasteiger partial charge in [0.15, 0.2) is 0 Å². The van der Waals surface area contributed by atoms with E-state index in [-0.39, 0.29) is 18.0 Å². The number of amides is 1. The molecule has 4 atom stereocenters. The summed E-state index contributed by atoms with van der Waals surface area (Å²) in [4.78, 5) is 14.7. The molecule has 1 amide bonds. The van der Waals surface area contributed by atoms with Gasteiger partial charge in [-0.1, -0.05) is 48.0 Å². The van der Waals surface area contributed by atoms with Crippen molar-refractivity contribution in [3.63, 3.8) is 0 Å². The Bertz CT molecular complexity index is 510. The van der Waals surface area contributed by atoms with Crippen LogP contribution in [0.2, 0.25) is 0 Å². The molecule has 1 aromatic rings. The third-order valence-corrected chi connectivity index (χ3v) is 5.14. The molecule has 122 valence electrons. The predicted octanol–water partition coefficient (Wildman–Crippen LogP) is 3.99. The monoisotopic (exact) mass is 366 g/mol. The van der Waals surface area contributed by atoms with Gasteiger partial charge in [0.1, 0.15) is 0 Å². The van der Waals surface area contributed by atoms with Crippen molar-refractivity contribution < 1.29 is 4.79 Å². The number of benzene rings is 1. The SMILES string of the molecule is CC1CC(C)CN(C(=O)C(C)NC(C)c2ccccc2Br)C1. The third-order valence-electron chi connectivity index (χ3n) is 4.42. The Kier molecular flexibility index (Phi) is 6.04. The zero-order chi connectivity index (χ0) is 16.3. The zero-order valence-corrected chi connectivity index (χ0v) is 15.6. The van der Waals surface area contributed by atoms with Crippen molar-refractivity contribution in [2.45, 2.75) is 46.2 Å². The summed E-state index contributed by atoms with van der Waals surface area (Å²) < 4.78 is 1.08. The number of carbonyl (C=O) groups excluding carboxylic acids is 1. The molecule has 2 rings (SSSR count). The van der Waals surface area contributed by atoms with E-state index in [1.165, 1.54) is 12.0 Å². The maximum absolute atomic E-state index is 12.7. The highest BCUT2D eigenvalue weighted by Crippen LogP contribution is 2.24. The van der Waals surface area contributed by atoms with Gasteiger partial charge in [-0.25, -0.2) is 0 Å². The quantitative estimate of drug-likeness (QED) is 0.873. The lowest BCUT2D eigenvalue weighted by atomic mass is 9.91. The van der Waals surface area contributed by atoms with Crippen molar-refractivity contribution in [3.05, 3.63) is 34.3 Å². The van der Waals surface area contributed by atoms with Crippen molar-refractivity contribution in [1.82, 2.24) is 10.2 Å². The van der Waals surface area contributed by atoms with Crippen LogP contribution in [0.3, 0.4) is 0 Å². The van der Waals surface area contributed by atoms with Gasteiger partial charge in [0.2, 0.25) is 5.91 Å². The average Bonchev–Trinajstić information content (AvgIpc) is 2.45. The van der Waals surface area contributed by atoms with Crippen LogP contribution in [-0.4, -0.2) is 29.9 Å². The van der Waals surface area contributed by atoms with E-state index in [1.54, 1.807) is 0 Å². The lowest BCUT2D eigenvalue weighted by Crippen LogP contribution is -2.50. The van der Waals surface area contributed by atoms with Crippen LogP contribution in [0.5, 0.6) is 0 Å². The first-order valence-electron chi connectivity index (χ1n) is 8.17. The van der Waals surface area contributed by atoms with Gasteiger partial charge >= 0.3 is 0 Å². The van der Waals surface area contributed by atoms with E-state index in [0.717, 1.165) is 17.6 Å². The van der Waals surface area contributed by atoms with Crippen molar-refractivity contribution in [2.75, 3.05) is 13.1 Å². The maximum Gasteiger partial charge on any atom is 0.239 e. The fraction of sp³-hybridized carbons (Fsp3) is 0.611. The molecule has 1 aromatic carbocycles. The van der Waals surface area contributed by atoms with Crippen LogP contribution in [0.15, 0.2) is 28.7 Å². The first kappa shape index (κ1) is 17.5. The van der Waals surface area contributed by atoms with Crippen molar-refractivity contribution >= 4 is 21.8 Å². The first-order chi connectivity index (χ1) is 10.4. The molecule has 1 aliphatic heterocycles. The average molecular weight is 367 g/mol. The smallest absolute Gasteiger partial charge is 0.239 e. The summed E-state index contributed by atoms with van der Waals surface area (Å²) in [6, 6.07) is 8.12. The Labute approximate surface area is 142 Å². The van der Waals surface area contributed by atoms with E-state index >= 15 is 0 Å². The number of piperidine rings is 1. The second-order valence-electron chi connectivity index (χ2n) is 6.82. The highest BCUT2D eigenvalue weighted by Gasteiger charge is 2.28. The molecule has 0 aromatic heterocycles. The first-order valence-corrected chi connectivity index (χ1v) is 8.97. The minimum absolute atomic E-state index is 0.133. The number of nitrogens with zero attached hydrogens (tertiary/aromatic N) is 1. The van der Waals surface area contributed by atoms with E-state index in [0.29, 0.717) is 11.8 Å². The lowest BCUT2D eigenvalue weighted by molar-refractivity contribution is -0.135. The molecule has 0 radical (unpaired) electrons. The normalized spacial score (nSPS) is 24.9. The standard InChI is InChI=1S/C18H27BrN2O/c1-12-9-13(2)11-21(10-12)18(22)15(4)20-14(3)16-7-5-6-8-17(16)19/h5-8,12-15,20H,9-11H2,1-4H3. The van der Waals surface area contributed by atoms with Crippen LogP contribution < -0.4 is 5.32 Å². The molecule has 1 fully saturated rings. The molecule has 4 unspecified atom stereocenters. The van der Waals surface area contributed by atoms with Gasteiger partial charge < -0.3 is 4.90 Å². The number of carbonyl (C=O) groups is 1. The number of hydrogen-bond acceptors (Lipinski definition) is 2. The zero-order valence-electron chi connectivity index (χ0n) is 14.0. The van der Waals surface area contributed by atoms with Crippen molar-refractivity contribution in [3.8, 4) is 0 Å². The van der Waals surface area contributed by atoms with Gasteiger partial charge in [-0.3, -0.25) is 10.1 Å². The van der Waals surface area contributed by atoms with Gasteiger partial charge in [-0.15, -0.1) is 0 Å². The van der Waals surface area contributed by atoms with Gasteiger partial charge in [0, 0.05) is 23.6 Å². The molecule has 0 spiro atoms. The van der Waals surface area contributed by atoms with E-state index in [1.807, 2.05) is 30.0 Å². The Morgan fingerprint density at radius 1 is 1.23 bits per heavy atom. The van der Waals surface area contributed by atoms with Crippen LogP contribution in [0.25, 0.3) is 0 Å². The molecule has 22 heavy (non-hydrogen) atoms. The Hall–Kier alpha value is -0.870. The molecule has 1 N–H and O–H groups in total. The van der Waals surface area contributed by atoms with E-state index in [4.69, 9.17) is 0 Å². The number of hydrogen-bond donors (Lipinski definition) is 1. The van der Waals surface area contributed by atoms with Crippen molar-refractivity contribution in [1.29, 1.82) is 0 Å². The number of likely N-dealkylation sites (tertiary alicyclic amines) is 1. The largest absolute Gasteiger partial charge is 0.341 e. The number of nitrogens with one attached hydrogen (secondary N) is 1. The number of halogens is 1. The molecule has 3 nitrogen and oxygen atoms in total. The second kappa shape index (κ2) is 7.60. The molecule has 0 saturated carbocycles. The number of rotatable bonds is 4. The minimum atomic E-state index is -0.167.